The molecule has 1 N–H and O–H groups in total. The number of benzene rings is 3. The highest BCUT2D eigenvalue weighted by Gasteiger charge is 2.20. The van der Waals surface area contributed by atoms with Gasteiger partial charge in [-0.05, 0) is 63.2 Å². The van der Waals surface area contributed by atoms with E-state index in [9.17, 15) is 0 Å². The maximum absolute atomic E-state index is 5.06. The van der Waals surface area contributed by atoms with E-state index in [1.807, 2.05) is 0 Å². The number of hydrogen-bond acceptors (Lipinski definition) is 2. The molecule has 0 atom stereocenters. The Balaban J connectivity index is 1.15. The molecule has 3 aromatic carbocycles. The number of piperidine rings is 1. The van der Waals surface area contributed by atoms with Crippen molar-refractivity contribution in [1.29, 1.82) is 0 Å². The van der Waals surface area contributed by atoms with E-state index in [1.54, 1.807) is 0 Å². The van der Waals surface area contributed by atoms with E-state index in [0.717, 1.165) is 29.6 Å². The Bertz CT molecular complexity index is 1070. The highest BCUT2D eigenvalue weighted by atomic mass is 15.1. The van der Waals surface area contributed by atoms with E-state index in [0.29, 0.717) is 0 Å². The topological polar surface area (TPSA) is 31.9 Å². The van der Waals surface area contributed by atoms with Crippen molar-refractivity contribution in [3.8, 4) is 22.5 Å². The number of hydrogen-bond donors (Lipinski definition) is 1. The van der Waals surface area contributed by atoms with Gasteiger partial charge in [-0.15, -0.1) is 0 Å². The number of aryl methyl sites for hydroxylation is 2. The molecule has 4 aromatic rings. The normalized spacial score (nSPS) is 14.9. The summed E-state index contributed by atoms with van der Waals surface area (Å²) < 4.78 is 0. The van der Waals surface area contributed by atoms with Crippen molar-refractivity contribution in [3.63, 3.8) is 0 Å². The molecule has 3 heteroatoms. The van der Waals surface area contributed by atoms with Crippen LogP contribution in [0.3, 0.4) is 0 Å². The van der Waals surface area contributed by atoms with Gasteiger partial charge in [-0.3, -0.25) is 0 Å². The molecule has 0 amide bonds. The van der Waals surface area contributed by atoms with Crippen molar-refractivity contribution >= 4 is 0 Å². The van der Waals surface area contributed by atoms with Crippen LogP contribution in [0.5, 0.6) is 0 Å². The van der Waals surface area contributed by atoms with Gasteiger partial charge in [0.1, 0.15) is 5.82 Å². The van der Waals surface area contributed by atoms with Gasteiger partial charge < -0.3 is 9.88 Å². The van der Waals surface area contributed by atoms with Crippen LogP contribution in [0.2, 0.25) is 0 Å². The standard InChI is InChI=1S/C31H35N3/c1-4-11-25(12-5-1)13-10-22-34-23-20-26(21-24-34)18-19-29-32-30(27-14-6-2-7-15-27)31(33-29)28-16-8-3-9-17-28/h1-9,11-12,14-17,26H,10,13,18-24H2,(H,32,33). The molecule has 1 aliphatic heterocycles. The second-order valence-electron chi connectivity index (χ2n) is 9.55. The Morgan fingerprint density at radius 2 is 1.35 bits per heavy atom. The Morgan fingerprint density at radius 3 is 2.03 bits per heavy atom. The Morgan fingerprint density at radius 1 is 0.735 bits per heavy atom. The molecule has 0 aliphatic carbocycles. The maximum Gasteiger partial charge on any atom is 0.107 e. The molecule has 2 heterocycles. The first kappa shape index (κ1) is 22.6. The summed E-state index contributed by atoms with van der Waals surface area (Å²) in [6.45, 7) is 3.70. The van der Waals surface area contributed by atoms with E-state index in [2.05, 4.69) is 101 Å². The highest BCUT2D eigenvalue weighted by Crippen LogP contribution is 2.31. The zero-order valence-electron chi connectivity index (χ0n) is 20.0. The van der Waals surface area contributed by atoms with Crippen molar-refractivity contribution in [3.05, 3.63) is 102 Å². The van der Waals surface area contributed by atoms with Gasteiger partial charge in [0.15, 0.2) is 0 Å². The number of imidazole rings is 1. The first-order valence-electron chi connectivity index (χ1n) is 12.8. The van der Waals surface area contributed by atoms with E-state index in [-0.39, 0.29) is 0 Å². The minimum Gasteiger partial charge on any atom is -0.341 e. The number of aromatic amines is 1. The number of aromatic nitrogens is 2. The molecular weight excluding hydrogens is 414 g/mol. The lowest BCUT2D eigenvalue weighted by atomic mass is 9.92. The predicted molar refractivity (Wildman–Crippen MR) is 142 cm³/mol. The molecule has 5 rings (SSSR count). The molecule has 1 saturated heterocycles. The Kier molecular flexibility index (Phi) is 7.52. The van der Waals surface area contributed by atoms with E-state index in [4.69, 9.17) is 4.98 Å². The molecule has 34 heavy (non-hydrogen) atoms. The summed E-state index contributed by atoms with van der Waals surface area (Å²) >= 11 is 0. The van der Waals surface area contributed by atoms with Gasteiger partial charge >= 0.3 is 0 Å². The summed E-state index contributed by atoms with van der Waals surface area (Å²) in [5, 5.41) is 0. The summed E-state index contributed by atoms with van der Waals surface area (Å²) in [5.41, 5.74) is 6.03. The van der Waals surface area contributed by atoms with Gasteiger partial charge in [0, 0.05) is 17.5 Å². The minimum atomic E-state index is 0.802. The number of likely N-dealkylation sites (tertiary alicyclic amines) is 1. The van der Waals surface area contributed by atoms with E-state index >= 15 is 0 Å². The molecule has 0 unspecified atom stereocenters. The minimum absolute atomic E-state index is 0.802. The second-order valence-corrected chi connectivity index (χ2v) is 9.55. The second kappa shape index (κ2) is 11.3. The molecule has 0 bridgehead atoms. The van der Waals surface area contributed by atoms with E-state index in [1.165, 1.54) is 68.4 Å². The third-order valence-corrected chi connectivity index (χ3v) is 7.14. The van der Waals surface area contributed by atoms with Crippen molar-refractivity contribution in [2.24, 2.45) is 5.92 Å². The fraction of sp³-hybridized carbons (Fsp3) is 0.323. The summed E-state index contributed by atoms with van der Waals surface area (Å²) in [7, 11) is 0. The van der Waals surface area contributed by atoms with Crippen LogP contribution in [-0.2, 0) is 12.8 Å². The van der Waals surface area contributed by atoms with Gasteiger partial charge in [-0.2, -0.15) is 0 Å². The number of nitrogens with one attached hydrogen (secondary N) is 1. The van der Waals surface area contributed by atoms with Crippen LogP contribution in [0, 0.1) is 5.92 Å². The quantitative estimate of drug-likeness (QED) is 0.298. The molecule has 174 valence electrons. The van der Waals surface area contributed by atoms with Crippen LogP contribution in [0.1, 0.15) is 37.1 Å². The lowest BCUT2D eigenvalue weighted by Crippen LogP contribution is -2.34. The van der Waals surface area contributed by atoms with Crippen molar-refractivity contribution < 1.29 is 0 Å². The predicted octanol–water partition coefficient (Wildman–Crippen LogP) is 7.02. The lowest BCUT2D eigenvalue weighted by Gasteiger charge is -2.31. The van der Waals surface area contributed by atoms with Crippen LogP contribution < -0.4 is 0 Å². The SMILES string of the molecule is c1ccc(CCCN2CCC(CCc3nc(-c4ccccc4)c(-c4ccccc4)[nH]3)CC2)cc1. The third-order valence-electron chi connectivity index (χ3n) is 7.14. The molecule has 1 aromatic heterocycles. The number of rotatable bonds is 9. The molecule has 1 fully saturated rings. The van der Waals surface area contributed by atoms with Gasteiger partial charge in [-0.1, -0.05) is 91.0 Å². The average Bonchev–Trinajstić information content (AvgIpc) is 3.34. The fourth-order valence-corrected chi connectivity index (χ4v) is 5.15. The molecule has 1 aliphatic rings. The Labute approximate surface area is 203 Å². The summed E-state index contributed by atoms with van der Waals surface area (Å²) in [4.78, 5) is 11.4. The van der Waals surface area contributed by atoms with Crippen molar-refractivity contribution in [1.82, 2.24) is 14.9 Å². The summed E-state index contributed by atoms with van der Waals surface area (Å²) in [5.74, 6) is 1.92. The zero-order chi connectivity index (χ0) is 23.0. The van der Waals surface area contributed by atoms with Crippen LogP contribution in [0.25, 0.3) is 22.5 Å². The van der Waals surface area contributed by atoms with Gasteiger partial charge in [-0.25, -0.2) is 4.98 Å². The molecule has 0 radical (unpaired) electrons. The monoisotopic (exact) mass is 449 g/mol. The van der Waals surface area contributed by atoms with Crippen LogP contribution in [0.15, 0.2) is 91.0 Å². The smallest absolute Gasteiger partial charge is 0.107 e. The zero-order valence-corrected chi connectivity index (χ0v) is 20.0. The summed E-state index contributed by atoms with van der Waals surface area (Å²) in [6.07, 6.45) is 7.30. The van der Waals surface area contributed by atoms with E-state index < -0.39 is 0 Å². The summed E-state index contributed by atoms with van der Waals surface area (Å²) in [6, 6.07) is 32.0. The Hall–Kier alpha value is -3.17. The fourth-order valence-electron chi connectivity index (χ4n) is 5.15. The average molecular weight is 450 g/mol. The maximum atomic E-state index is 5.06. The van der Waals surface area contributed by atoms with Crippen molar-refractivity contribution in [2.75, 3.05) is 19.6 Å². The first-order valence-corrected chi connectivity index (χ1v) is 12.8. The highest BCUT2D eigenvalue weighted by molar-refractivity contribution is 5.78. The van der Waals surface area contributed by atoms with Crippen LogP contribution >= 0.6 is 0 Å². The largest absolute Gasteiger partial charge is 0.341 e. The van der Waals surface area contributed by atoms with Crippen LogP contribution in [-0.4, -0.2) is 34.5 Å². The van der Waals surface area contributed by atoms with Crippen LogP contribution in [0.4, 0.5) is 0 Å². The molecule has 0 spiro atoms. The van der Waals surface area contributed by atoms with Gasteiger partial charge in [0.25, 0.3) is 0 Å². The molecule has 3 nitrogen and oxygen atoms in total. The lowest BCUT2D eigenvalue weighted by molar-refractivity contribution is 0.177. The van der Waals surface area contributed by atoms with Gasteiger partial charge in [0.05, 0.1) is 11.4 Å². The van der Waals surface area contributed by atoms with Gasteiger partial charge in [0.2, 0.25) is 0 Å². The van der Waals surface area contributed by atoms with Crippen molar-refractivity contribution in [2.45, 2.75) is 38.5 Å². The number of H-pyrrole nitrogens is 1. The third kappa shape index (κ3) is 5.84. The number of nitrogens with zero attached hydrogens (tertiary/aromatic N) is 2. The first-order chi connectivity index (χ1) is 16.8. The molecular formula is C31H35N3. The molecule has 0 saturated carbocycles.